The van der Waals surface area contributed by atoms with Crippen molar-refractivity contribution in [2.75, 3.05) is 0 Å². The third-order valence-electron chi connectivity index (χ3n) is 1.31. The van der Waals surface area contributed by atoms with Crippen molar-refractivity contribution >= 4 is 0 Å². The fraction of sp³-hybridized carbons (Fsp3) is 0.714. The minimum Gasteiger partial charge on any atom is -0.389 e. The van der Waals surface area contributed by atoms with Crippen molar-refractivity contribution in [2.45, 2.75) is 32.8 Å². The van der Waals surface area contributed by atoms with Crippen molar-refractivity contribution in [1.82, 2.24) is 0 Å². The summed E-state index contributed by atoms with van der Waals surface area (Å²) in [6.45, 7) is 7.65. The Bertz CT molecular complexity index is 76.5. The van der Waals surface area contributed by atoms with Crippen LogP contribution in [0.25, 0.3) is 0 Å². The van der Waals surface area contributed by atoms with Crippen LogP contribution < -0.4 is 0 Å². The van der Waals surface area contributed by atoms with Crippen LogP contribution in [0.5, 0.6) is 0 Å². The van der Waals surface area contributed by atoms with Crippen molar-refractivity contribution in [3.8, 4) is 0 Å². The number of aliphatic hydroxyl groups is 1. The van der Waals surface area contributed by atoms with Crippen LogP contribution in [0.2, 0.25) is 0 Å². The fourth-order valence-electron chi connectivity index (χ4n) is 0.524. The molecule has 0 fully saturated rings. The molecule has 0 amide bonds. The molecule has 0 rings (SSSR count). The zero-order chi connectivity index (χ0) is 6.57. The topological polar surface area (TPSA) is 20.2 Å². The maximum Gasteiger partial charge on any atom is 0.0744 e. The molecule has 0 spiro atoms. The van der Waals surface area contributed by atoms with E-state index in [9.17, 15) is 0 Å². The molecular weight excluding hydrogens is 100 g/mol. The minimum absolute atomic E-state index is 0.278. The van der Waals surface area contributed by atoms with E-state index in [1.54, 1.807) is 0 Å². The molecule has 0 heterocycles. The van der Waals surface area contributed by atoms with Crippen molar-refractivity contribution in [1.29, 1.82) is 0 Å². The lowest BCUT2D eigenvalue weighted by atomic mass is 10.1. The first-order valence-corrected chi connectivity index (χ1v) is 3.08. The number of rotatable bonds is 3. The van der Waals surface area contributed by atoms with Crippen molar-refractivity contribution < 1.29 is 5.11 Å². The minimum atomic E-state index is -0.278. The molecule has 1 unspecified atom stereocenters. The summed E-state index contributed by atoms with van der Waals surface area (Å²) < 4.78 is 0. The molecule has 0 saturated heterocycles. The lowest BCUT2D eigenvalue weighted by Gasteiger charge is -2.07. The van der Waals surface area contributed by atoms with E-state index >= 15 is 0 Å². The first kappa shape index (κ1) is 7.70. The van der Waals surface area contributed by atoms with Crippen molar-refractivity contribution in [2.24, 2.45) is 0 Å². The Labute approximate surface area is 51.0 Å². The first-order valence-electron chi connectivity index (χ1n) is 3.08. The molecule has 1 nitrogen and oxygen atoms in total. The second-order valence-corrected chi connectivity index (χ2v) is 1.94. The van der Waals surface area contributed by atoms with Crippen LogP contribution in [0, 0.1) is 0 Å². The second kappa shape index (κ2) is 3.67. The van der Waals surface area contributed by atoms with Crippen LogP contribution in [0.15, 0.2) is 12.2 Å². The van der Waals surface area contributed by atoms with Crippen LogP contribution >= 0.6 is 0 Å². The van der Waals surface area contributed by atoms with Gasteiger partial charge in [0.2, 0.25) is 0 Å². The summed E-state index contributed by atoms with van der Waals surface area (Å²) in [6, 6.07) is 0. The van der Waals surface area contributed by atoms with Gasteiger partial charge in [-0.05, 0) is 18.4 Å². The highest BCUT2D eigenvalue weighted by Gasteiger charge is 2.00. The third kappa shape index (κ3) is 2.12. The molecular formula is C7H14O. The molecule has 48 valence electrons. The summed E-state index contributed by atoms with van der Waals surface area (Å²) in [4.78, 5) is 0. The van der Waals surface area contributed by atoms with Gasteiger partial charge in [-0.15, -0.1) is 0 Å². The zero-order valence-electron chi connectivity index (χ0n) is 5.65. The van der Waals surface area contributed by atoms with Crippen molar-refractivity contribution in [3.63, 3.8) is 0 Å². The molecule has 0 aromatic heterocycles. The maximum absolute atomic E-state index is 9.03. The molecule has 0 aliphatic heterocycles. The molecule has 0 aromatic carbocycles. The Morgan fingerprint density at radius 2 is 2.12 bits per heavy atom. The Kier molecular flexibility index (Phi) is 3.53. The average Bonchev–Trinajstić information content (AvgIpc) is 1.84. The molecule has 8 heavy (non-hydrogen) atoms. The lowest BCUT2D eigenvalue weighted by molar-refractivity contribution is 0.204. The van der Waals surface area contributed by atoms with E-state index < -0.39 is 0 Å². The average molecular weight is 114 g/mol. The van der Waals surface area contributed by atoms with E-state index in [4.69, 9.17) is 5.11 Å². The molecule has 0 bridgehead atoms. The van der Waals surface area contributed by atoms with Gasteiger partial charge in [-0.1, -0.05) is 20.4 Å². The number of hydrogen-bond acceptors (Lipinski definition) is 1. The van der Waals surface area contributed by atoms with Crippen molar-refractivity contribution in [3.05, 3.63) is 12.2 Å². The SMILES string of the molecule is C=C(CC)C(O)CC. The maximum atomic E-state index is 9.03. The van der Waals surface area contributed by atoms with E-state index in [1.807, 2.05) is 13.8 Å². The first-order chi connectivity index (χ1) is 3.72. The monoisotopic (exact) mass is 114 g/mol. The molecule has 1 heteroatoms. The summed E-state index contributed by atoms with van der Waals surface area (Å²) in [6.07, 6.45) is 1.39. The predicted octanol–water partition coefficient (Wildman–Crippen LogP) is 1.72. The largest absolute Gasteiger partial charge is 0.389 e. The van der Waals surface area contributed by atoms with Gasteiger partial charge in [0.05, 0.1) is 6.10 Å². The molecule has 1 atom stereocenters. The molecule has 0 aliphatic carbocycles. The van der Waals surface area contributed by atoms with Crippen LogP contribution in [0.4, 0.5) is 0 Å². The normalized spacial score (nSPS) is 13.4. The summed E-state index contributed by atoms with van der Waals surface area (Å²) in [5.74, 6) is 0. The van der Waals surface area contributed by atoms with Gasteiger partial charge >= 0.3 is 0 Å². The van der Waals surface area contributed by atoms with Gasteiger partial charge in [0.1, 0.15) is 0 Å². The summed E-state index contributed by atoms with van der Waals surface area (Å²) in [7, 11) is 0. The molecule has 0 saturated carbocycles. The van der Waals surface area contributed by atoms with Crippen LogP contribution in [0.3, 0.4) is 0 Å². The number of hydrogen-bond donors (Lipinski definition) is 1. The third-order valence-corrected chi connectivity index (χ3v) is 1.31. The van der Waals surface area contributed by atoms with Gasteiger partial charge < -0.3 is 5.11 Å². The zero-order valence-corrected chi connectivity index (χ0v) is 5.65. The smallest absolute Gasteiger partial charge is 0.0744 e. The van der Waals surface area contributed by atoms with E-state index in [-0.39, 0.29) is 6.10 Å². The molecule has 1 N–H and O–H groups in total. The van der Waals surface area contributed by atoms with Gasteiger partial charge in [0, 0.05) is 0 Å². The number of aliphatic hydroxyl groups excluding tert-OH is 1. The predicted molar refractivity (Wildman–Crippen MR) is 35.7 cm³/mol. The van der Waals surface area contributed by atoms with Gasteiger partial charge in [0.15, 0.2) is 0 Å². The summed E-state index contributed by atoms with van der Waals surface area (Å²) in [5.41, 5.74) is 0.938. The van der Waals surface area contributed by atoms with Crippen LogP contribution in [-0.4, -0.2) is 11.2 Å². The summed E-state index contributed by atoms with van der Waals surface area (Å²) >= 11 is 0. The van der Waals surface area contributed by atoms with E-state index in [0.717, 1.165) is 18.4 Å². The second-order valence-electron chi connectivity index (χ2n) is 1.94. The highest BCUT2D eigenvalue weighted by atomic mass is 16.3. The highest BCUT2D eigenvalue weighted by Crippen LogP contribution is 2.05. The Morgan fingerprint density at radius 3 is 2.25 bits per heavy atom. The Balaban J connectivity index is 3.46. The fourth-order valence-corrected chi connectivity index (χ4v) is 0.524. The molecule has 0 radical (unpaired) electrons. The van der Waals surface area contributed by atoms with Crippen LogP contribution in [0.1, 0.15) is 26.7 Å². The van der Waals surface area contributed by atoms with Gasteiger partial charge in [-0.25, -0.2) is 0 Å². The van der Waals surface area contributed by atoms with Gasteiger partial charge in [-0.2, -0.15) is 0 Å². The van der Waals surface area contributed by atoms with Gasteiger partial charge in [-0.3, -0.25) is 0 Å². The van der Waals surface area contributed by atoms with Crippen LogP contribution in [-0.2, 0) is 0 Å². The lowest BCUT2D eigenvalue weighted by Crippen LogP contribution is -2.05. The van der Waals surface area contributed by atoms with E-state index in [0.29, 0.717) is 0 Å². The quantitative estimate of drug-likeness (QED) is 0.554. The Morgan fingerprint density at radius 1 is 1.62 bits per heavy atom. The molecule has 0 aliphatic rings. The van der Waals surface area contributed by atoms with E-state index in [2.05, 4.69) is 6.58 Å². The standard InChI is InChI=1S/C7H14O/c1-4-6(3)7(8)5-2/h7-8H,3-5H2,1-2H3. The van der Waals surface area contributed by atoms with E-state index in [1.165, 1.54) is 0 Å². The van der Waals surface area contributed by atoms with Gasteiger partial charge in [0.25, 0.3) is 0 Å². The molecule has 0 aromatic rings. The highest BCUT2D eigenvalue weighted by molar-refractivity contribution is 4.99. The Hall–Kier alpha value is -0.300. The summed E-state index contributed by atoms with van der Waals surface area (Å²) in [5, 5.41) is 9.03.